The third kappa shape index (κ3) is 6.19. The van der Waals surface area contributed by atoms with Gasteiger partial charge in [0.15, 0.2) is 0 Å². The molecule has 2 fully saturated rings. The molecule has 1 saturated carbocycles. The second-order valence-corrected chi connectivity index (χ2v) is 10.8. The summed E-state index contributed by atoms with van der Waals surface area (Å²) in [4.78, 5) is 15.7. The van der Waals surface area contributed by atoms with Gasteiger partial charge in [0.2, 0.25) is 6.86 Å². The van der Waals surface area contributed by atoms with Crippen molar-refractivity contribution in [2.75, 3.05) is 42.1 Å². The van der Waals surface area contributed by atoms with Crippen molar-refractivity contribution in [3.05, 3.63) is 60.2 Å². The van der Waals surface area contributed by atoms with E-state index in [1.165, 1.54) is 31.2 Å². The minimum atomic E-state index is -0.988. The van der Waals surface area contributed by atoms with E-state index in [0.29, 0.717) is 16.7 Å². The zero-order chi connectivity index (χ0) is 25.8. The van der Waals surface area contributed by atoms with Gasteiger partial charge in [-0.05, 0) is 93.7 Å². The number of nitrogens with one attached hydrogen (secondary N) is 2. The maximum Gasteiger partial charge on any atom is 0.255 e. The predicted octanol–water partition coefficient (Wildman–Crippen LogP) is 5.93. The number of halogens is 1. The van der Waals surface area contributed by atoms with Gasteiger partial charge in [0.1, 0.15) is 5.75 Å². The number of piperidine rings is 1. The lowest BCUT2D eigenvalue weighted by atomic mass is 9.93. The topological polar surface area (TPSA) is 73.8 Å². The van der Waals surface area contributed by atoms with Crippen molar-refractivity contribution in [1.82, 2.24) is 0 Å². The monoisotopic (exact) mass is 495 g/mol. The van der Waals surface area contributed by atoms with Crippen LogP contribution in [0.15, 0.2) is 49.1 Å². The van der Waals surface area contributed by atoms with E-state index in [1.54, 1.807) is 18.2 Å². The number of hydrogen-bond acceptors (Lipinski definition) is 5. The molecule has 1 aliphatic carbocycles. The molecule has 0 aromatic heterocycles. The molecule has 1 aliphatic heterocycles. The van der Waals surface area contributed by atoms with Crippen LogP contribution in [0.2, 0.25) is 0 Å². The number of benzene rings is 2. The highest BCUT2D eigenvalue weighted by molar-refractivity contribution is 6.06. The summed E-state index contributed by atoms with van der Waals surface area (Å²) >= 11 is 0. The molecule has 7 heteroatoms. The van der Waals surface area contributed by atoms with Crippen molar-refractivity contribution in [3.8, 4) is 5.75 Å². The maximum absolute atomic E-state index is 13.3. The summed E-state index contributed by atoms with van der Waals surface area (Å²) in [6, 6.07) is 11.1. The second-order valence-electron chi connectivity index (χ2n) is 10.8. The lowest BCUT2D eigenvalue weighted by molar-refractivity contribution is 0.102. The minimum Gasteiger partial charge on any atom is -0.461 e. The number of amides is 1. The number of rotatable bonds is 11. The summed E-state index contributed by atoms with van der Waals surface area (Å²) in [6.07, 6.45) is 8.82. The average molecular weight is 496 g/mol. The van der Waals surface area contributed by atoms with Gasteiger partial charge in [-0.25, -0.2) is 4.39 Å². The lowest BCUT2D eigenvalue weighted by Crippen LogP contribution is -2.35. The number of aryl methyl sites for hydroxylation is 1. The normalized spacial score (nSPS) is 16.5. The Kier molecular flexibility index (Phi) is 7.88. The molecule has 3 N–H and O–H groups in total. The van der Waals surface area contributed by atoms with E-state index in [9.17, 15) is 14.3 Å². The summed E-state index contributed by atoms with van der Waals surface area (Å²) in [5, 5.41) is 15.9. The maximum atomic E-state index is 13.3. The fourth-order valence-corrected chi connectivity index (χ4v) is 4.82. The van der Waals surface area contributed by atoms with Crippen LogP contribution in [-0.2, 0) is 6.42 Å². The molecule has 2 aromatic rings. The molecule has 1 spiro atoms. The number of allylic oxidation sites excluding steroid dienone is 1. The molecule has 0 atom stereocenters. The fraction of sp³-hybridized carbons (Fsp3) is 0.483. The van der Waals surface area contributed by atoms with Gasteiger partial charge in [0.05, 0.1) is 29.2 Å². The summed E-state index contributed by atoms with van der Waals surface area (Å²) in [5.74, 6) is 0.0209. The molecular weight excluding hydrogens is 457 g/mol. The van der Waals surface area contributed by atoms with Gasteiger partial charge < -0.3 is 25.4 Å². The van der Waals surface area contributed by atoms with Crippen molar-refractivity contribution in [2.24, 2.45) is 5.41 Å². The van der Waals surface area contributed by atoms with E-state index in [4.69, 9.17) is 4.74 Å². The third-order valence-electron chi connectivity index (χ3n) is 7.39. The van der Waals surface area contributed by atoms with Gasteiger partial charge in [-0.1, -0.05) is 12.1 Å². The highest BCUT2D eigenvalue weighted by atomic mass is 19.1. The van der Waals surface area contributed by atoms with Gasteiger partial charge >= 0.3 is 0 Å². The first-order valence-electron chi connectivity index (χ1n) is 12.8. The first-order chi connectivity index (χ1) is 17.3. The summed E-state index contributed by atoms with van der Waals surface area (Å²) < 4.78 is 18.0. The molecule has 2 aromatic carbocycles. The largest absolute Gasteiger partial charge is 0.461 e. The Morgan fingerprint density at radius 3 is 2.56 bits per heavy atom. The molecule has 4 rings (SSSR count). The number of aliphatic hydroxyl groups excluding tert-OH is 1. The number of aliphatic hydroxyl groups is 1. The van der Waals surface area contributed by atoms with Crippen LogP contribution in [0.1, 0.15) is 61.9 Å². The number of hydrogen-bond donors (Lipinski definition) is 3. The Bertz CT molecular complexity index is 1090. The standard InChI is InChI=1S/C29H38FN3O3/c1-4-5-6-21-7-9-23(25(17-21)33-15-13-29(11-12-29)14-16-33)31-27(35)22-8-10-26(36-20-30)24(18-22)32-28(2,3)19-34/h4,7-10,17-18,32,34H,1,5-6,11-16,19-20H2,2-3H3,(H,31,35). The van der Waals surface area contributed by atoms with E-state index in [0.717, 1.165) is 37.3 Å². The Morgan fingerprint density at radius 2 is 1.92 bits per heavy atom. The van der Waals surface area contributed by atoms with Crippen LogP contribution < -0.4 is 20.3 Å². The first-order valence-corrected chi connectivity index (χ1v) is 12.8. The predicted molar refractivity (Wildman–Crippen MR) is 144 cm³/mol. The van der Waals surface area contributed by atoms with Crippen LogP contribution in [0.5, 0.6) is 5.75 Å². The molecule has 6 nitrogen and oxygen atoms in total. The van der Waals surface area contributed by atoms with Crippen molar-refractivity contribution >= 4 is 23.0 Å². The van der Waals surface area contributed by atoms with Crippen LogP contribution in [0.4, 0.5) is 21.5 Å². The van der Waals surface area contributed by atoms with Crippen molar-refractivity contribution in [2.45, 2.75) is 57.9 Å². The van der Waals surface area contributed by atoms with Gasteiger partial charge in [-0.2, -0.15) is 0 Å². The fourth-order valence-electron chi connectivity index (χ4n) is 4.82. The molecule has 1 amide bonds. The van der Waals surface area contributed by atoms with E-state index in [2.05, 4.69) is 34.2 Å². The molecule has 194 valence electrons. The van der Waals surface area contributed by atoms with E-state index < -0.39 is 12.4 Å². The van der Waals surface area contributed by atoms with Crippen LogP contribution in [0.3, 0.4) is 0 Å². The molecule has 1 heterocycles. The van der Waals surface area contributed by atoms with Gasteiger partial charge in [-0.15, -0.1) is 6.58 Å². The molecule has 0 bridgehead atoms. The number of anilines is 3. The summed E-state index contributed by atoms with van der Waals surface area (Å²) in [7, 11) is 0. The number of carbonyl (C=O) groups is 1. The number of alkyl halides is 1. The van der Waals surface area contributed by atoms with Gasteiger partial charge in [0.25, 0.3) is 5.91 Å². The van der Waals surface area contributed by atoms with Crippen molar-refractivity contribution < 1.29 is 19.0 Å². The Balaban J connectivity index is 1.58. The molecular formula is C29H38FN3O3. The number of nitrogens with zero attached hydrogens (tertiary/aromatic N) is 1. The van der Waals surface area contributed by atoms with Gasteiger partial charge in [0, 0.05) is 18.7 Å². The summed E-state index contributed by atoms with van der Waals surface area (Å²) in [5.41, 5.74) is 3.81. The second kappa shape index (κ2) is 10.9. The number of carbonyl (C=O) groups excluding carboxylic acids is 1. The van der Waals surface area contributed by atoms with Crippen LogP contribution >= 0.6 is 0 Å². The van der Waals surface area contributed by atoms with Crippen LogP contribution in [0, 0.1) is 5.41 Å². The molecule has 36 heavy (non-hydrogen) atoms. The van der Waals surface area contributed by atoms with Crippen molar-refractivity contribution in [1.29, 1.82) is 0 Å². The zero-order valence-electron chi connectivity index (χ0n) is 21.4. The van der Waals surface area contributed by atoms with E-state index in [1.807, 2.05) is 26.0 Å². The van der Waals surface area contributed by atoms with Gasteiger partial charge in [-0.3, -0.25) is 4.79 Å². The molecule has 1 saturated heterocycles. The molecule has 0 radical (unpaired) electrons. The first kappa shape index (κ1) is 26.0. The highest BCUT2D eigenvalue weighted by Crippen LogP contribution is 2.54. The Hall–Kier alpha value is -3.06. The molecule has 0 unspecified atom stereocenters. The molecule has 2 aliphatic rings. The van der Waals surface area contributed by atoms with Crippen LogP contribution in [0.25, 0.3) is 0 Å². The Morgan fingerprint density at radius 1 is 1.17 bits per heavy atom. The van der Waals surface area contributed by atoms with E-state index >= 15 is 0 Å². The van der Waals surface area contributed by atoms with Crippen molar-refractivity contribution in [3.63, 3.8) is 0 Å². The van der Waals surface area contributed by atoms with Crippen LogP contribution in [-0.4, -0.2) is 43.1 Å². The Labute approximate surface area is 213 Å². The SMILES string of the molecule is C=CCCc1ccc(NC(=O)c2ccc(OCF)c(NC(C)(C)CO)c2)c(N2CCC3(CC2)CC3)c1. The smallest absolute Gasteiger partial charge is 0.255 e. The lowest BCUT2D eigenvalue weighted by Gasteiger charge is -2.35. The summed E-state index contributed by atoms with van der Waals surface area (Å²) in [6.45, 7) is 8.31. The third-order valence-corrected chi connectivity index (χ3v) is 7.39. The average Bonchev–Trinajstić information content (AvgIpc) is 3.63. The quantitative estimate of drug-likeness (QED) is 0.337. The van der Waals surface area contributed by atoms with E-state index in [-0.39, 0.29) is 18.3 Å². The number of ether oxygens (including phenoxy) is 1. The zero-order valence-corrected chi connectivity index (χ0v) is 21.4. The highest BCUT2D eigenvalue weighted by Gasteiger charge is 2.44. The minimum absolute atomic E-state index is 0.142.